The minimum atomic E-state index is -0.0979. The molecule has 0 unspecified atom stereocenters. The van der Waals surface area contributed by atoms with Gasteiger partial charge in [-0.15, -0.1) is 0 Å². The van der Waals surface area contributed by atoms with E-state index in [4.69, 9.17) is 9.47 Å². The molecule has 5 heteroatoms. The molecule has 2 rings (SSSR count). The summed E-state index contributed by atoms with van der Waals surface area (Å²) < 4.78 is 11.0. The molecule has 17 heavy (non-hydrogen) atoms. The molecular weight excluding hydrogens is 220 g/mol. The molecule has 0 saturated carbocycles. The molecule has 0 atom stereocenters. The number of hydrogen-bond acceptors (Lipinski definition) is 4. The molecule has 1 amide bonds. The van der Waals surface area contributed by atoms with Crippen molar-refractivity contribution in [3.05, 3.63) is 23.8 Å². The van der Waals surface area contributed by atoms with Crippen LogP contribution in [0.1, 0.15) is 10.4 Å². The van der Waals surface area contributed by atoms with Crippen molar-refractivity contribution in [2.24, 2.45) is 0 Å². The Bertz CT molecular complexity index is 407. The smallest absolute Gasteiger partial charge is 0.255 e. The molecule has 2 N–H and O–H groups in total. The van der Waals surface area contributed by atoms with Crippen molar-refractivity contribution in [3.8, 4) is 11.5 Å². The lowest BCUT2D eigenvalue weighted by molar-refractivity contribution is 0.0957. The first-order valence-corrected chi connectivity index (χ1v) is 5.63. The summed E-state index contributed by atoms with van der Waals surface area (Å²) in [5.41, 5.74) is 0.559. The average Bonchev–Trinajstić information content (AvgIpc) is 2.52. The Balaban J connectivity index is 2.12. The quantitative estimate of drug-likeness (QED) is 0.743. The topological polar surface area (TPSA) is 59.6 Å². The molecule has 92 valence electrons. The predicted molar refractivity (Wildman–Crippen MR) is 63.7 cm³/mol. The van der Waals surface area contributed by atoms with Crippen LogP contribution >= 0.6 is 0 Å². The van der Waals surface area contributed by atoms with E-state index in [-0.39, 0.29) is 5.91 Å². The zero-order valence-electron chi connectivity index (χ0n) is 9.79. The first kappa shape index (κ1) is 11.7. The van der Waals surface area contributed by atoms with Crippen LogP contribution in [0.2, 0.25) is 0 Å². The van der Waals surface area contributed by atoms with Crippen LogP contribution in [0.4, 0.5) is 0 Å². The van der Waals surface area contributed by atoms with Crippen LogP contribution in [0.5, 0.6) is 11.5 Å². The third-order valence-electron chi connectivity index (χ3n) is 2.46. The van der Waals surface area contributed by atoms with Crippen LogP contribution in [0.15, 0.2) is 18.2 Å². The summed E-state index contributed by atoms with van der Waals surface area (Å²) in [7, 11) is 1.87. The number of benzene rings is 1. The Morgan fingerprint density at radius 1 is 1.53 bits per heavy atom. The fraction of sp³-hybridized carbons (Fsp3) is 0.417. The van der Waals surface area contributed by atoms with E-state index in [0.717, 1.165) is 6.54 Å². The van der Waals surface area contributed by atoms with Gasteiger partial charge in [0.15, 0.2) is 0 Å². The van der Waals surface area contributed by atoms with Crippen LogP contribution < -0.4 is 20.1 Å². The highest BCUT2D eigenvalue weighted by Gasteiger charge is 2.16. The highest BCUT2D eigenvalue weighted by atomic mass is 16.5. The number of carbonyl (C=O) groups is 1. The van der Waals surface area contributed by atoms with Crippen molar-refractivity contribution in [1.29, 1.82) is 0 Å². The molecule has 0 saturated heterocycles. The van der Waals surface area contributed by atoms with Gasteiger partial charge in [-0.25, -0.2) is 0 Å². The molecule has 0 aliphatic carbocycles. The lowest BCUT2D eigenvalue weighted by Gasteiger charge is -2.09. The maximum absolute atomic E-state index is 11.6. The van der Waals surface area contributed by atoms with Gasteiger partial charge in [0.2, 0.25) is 0 Å². The largest absolute Gasteiger partial charge is 0.492 e. The third-order valence-corrected chi connectivity index (χ3v) is 2.46. The second-order valence-corrected chi connectivity index (χ2v) is 3.71. The van der Waals surface area contributed by atoms with Crippen molar-refractivity contribution in [1.82, 2.24) is 10.6 Å². The Labute approximate surface area is 100 Å². The van der Waals surface area contributed by atoms with Gasteiger partial charge in [0.05, 0.1) is 12.1 Å². The van der Waals surface area contributed by atoms with E-state index in [2.05, 4.69) is 10.6 Å². The van der Waals surface area contributed by atoms with Crippen LogP contribution in [0.3, 0.4) is 0 Å². The molecule has 1 aromatic carbocycles. The monoisotopic (exact) mass is 236 g/mol. The number of fused-ring (bicyclic) bond motifs is 1. The molecule has 1 aliphatic heterocycles. The standard InChI is InChI=1S/C12H16N2O3/c1-13-4-6-16-9-2-3-10-11(8-9)17-7-5-14-12(10)15/h2-3,8,13H,4-7H2,1H3,(H,14,15). The van der Waals surface area contributed by atoms with E-state index < -0.39 is 0 Å². The lowest BCUT2D eigenvalue weighted by Crippen LogP contribution is -2.24. The molecule has 1 aliphatic rings. The van der Waals surface area contributed by atoms with Crippen LogP contribution in [-0.4, -0.2) is 39.3 Å². The Morgan fingerprint density at radius 2 is 2.41 bits per heavy atom. The maximum Gasteiger partial charge on any atom is 0.255 e. The van der Waals surface area contributed by atoms with Crippen molar-refractivity contribution >= 4 is 5.91 Å². The summed E-state index contributed by atoms with van der Waals surface area (Å²) in [5.74, 6) is 1.20. The van der Waals surface area contributed by atoms with Gasteiger partial charge < -0.3 is 20.1 Å². The zero-order chi connectivity index (χ0) is 12.1. The van der Waals surface area contributed by atoms with Gasteiger partial charge in [-0.2, -0.15) is 0 Å². The third kappa shape index (κ3) is 2.88. The fourth-order valence-corrected chi connectivity index (χ4v) is 1.59. The summed E-state index contributed by atoms with van der Waals surface area (Å²) in [6.45, 7) is 2.38. The maximum atomic E-state index is 11.6. The van der Waals surface area contributed by atoms with Crippen molar-refractivity contribution in [2.75, 3.05) is 33.4 Å². The number of carbonyl (C=O) groups excluding carboxylic acids is 1. The first-order chi connectivity index (χ1) is 8.31. The van der Waals surface area contributed by atoms with Gasteiger partial charge in [-0.3, -0.25) is 4.79 Å². The Morgan fingerprint density at radius 3 is 3.24 bits per heavy atom. The highest BCUT2D eigenvalue weighted by molar-refractivity contribution is 5.97. The molecule has 5 nitrogen and oxygen atoms in total. The van der Waals surface area contributed by atoms with E-state index in [0.29, 0.717) is 36.8 Å². The minimum Gasteiger partial charge on any atom is -0.492 e. The van der Waals surface area contributed by atoms with Gasteiger partial charge in [-0.1, -0.05) is 0 Å². The number of nitrogens with one attached hydrogen (secondary N) is 2. The minimum absolute atomic E-state index is 0.0979. The summed E-state index contributed by atoms with van der Waals surface area (Å²) in [5, 5.41) is 5.75. The predicted octanol–water partition coefficient (Wildman–Crippen LogP) is 0.407. The first-order valence-electron chi connectivity index (χ1n) is 5.63. The van der Waals surface area contributed by atoms with E-state index in [1.54, 1.807) is 18.2 Å². The molecule has 0 bridgehead atoms. The van der Waals surface area contributed by atoms with Gasteiger partial charge >= 0.3 is 0 Å². The number of likely N-dealkylation sites (N-methyl/N-ethyl adjacent to an activating group) is 1. The second kappa shape index (κ2) is 5.54. The van der Waals surface area contributed by atoms with Gasteiger partial charge in [0.1, 0.15) is 24.7 Å². The summed E-state index contributed by atoms with van der Waals surface area (Å²) in [6.07, 6.45) is 0. The second-order valence-electron chi connectivity index (χ2n) is 3.71. The zero-order valence-corrected chi connectivity index (χ0v) is 9.79. The number of ether oxygens (including phenoxy) is 2. The number of amides is 1. The van der Waals surface area contributed by atoms with Gasteiger partial charge in [0, 0.05) is 12.6 Å². The van der Waals surface area contributed by atoms with Crippen LogP contribution in [0, 0.1) is 0 Å². The molecule has 1 heterocycles. The van der Waals surface area contributed by atoms with E-state index in [1.165, 1.54) is 0 Å². The van der Waals surface area contributed by atoms with Crippen LogP contribution in [0.25, 0.3) is 0 Å². The van der Waals surface area contributed by atoms with Crippen molar-refractivity contribution in [2.45, 2.75) is 0 Å². The Kier molecular flexibility index (Phi) is 3.82. The number of rotatable bonds is 4. The van der Waals surface area contributed by atoms with Crippen molar-refractivity contribution in [3.63, 3.8) is 0 Å². The summed E-state index contributed by atoms with van der Waals surface area (Å²) >= 11 is 0. The summed E-state index contributed by atoms with van der Waals surface area (Å²) in [6, 6.07) is 5.27. The highest BCUT2D eigenvalue weighted by Crippen LogP contribution is 2.25. The fourth-order valence-electron chi connectivity index (χ4n) is 1.59. The molecule has 1 aromatic rings. The molecule has 0 radical (unpaired) electrons. The van der Waals surface area contributed by atoms with Gasteiger partial charge in [-0.05, 0) is 19.2 Å². The molecule has 0 spiro atoms. The van der Waals surface area contributed by atoms with E-state index in [1.807, 2.05) is 7.05 Å². The number of hydrogen-bond donors (Lipinski definition) is 2. The van der Waals surface area contributed by atoms with E-state index in [9.17, 15) is 4.79 Å². The molecular formula is C12H16N2O3. The SMILES string of the molecule is CNCCOc1ccc2c(c1)OCCNC2=O. The average molecular weight is 236 g/mol. The Hall–Kier alpha value is -1.75. The lowest BCUT2D eigenvalue weighted by atomic mass is 10.2. The molecule has 0 fully saturated rings. The van der Waals surface area contributed by atoms with Crippen molar-refractivity contribution < 1.29 is 14.3 Å². The van der Waals surface area contributed by atoms with E-state index >= 15 is 0 Å². The van der Waals surface area contributed by atoms with Crippen LogP contribution in [-0.2, 0) is 0 Å². The summed E-state index contributed by atoms with van der Waals surface area (Å²) in [4.78, 5) is 11.6. The van der Waals surface area contributed by atoms with Gasteiger partial charge in [0.25, 0.3) is 5.91 Å². The molecule has 0 aromatic heterocycles. The normalized spacial score (nSPS) is 14.3.